The van der Waals surface area contributed by atoms with E-state index in [1.165, 1.54) is 6.42 Å². The number of anilines is 1. The van der Waals surface area contributed by atoms with Gasteiger partial charge < -0.3 is 9.47 Å². The van der Waals surface area contributed by atoms with Gasteiger partial charge in [-0.2, -0.15) is 5.10 Å². The summed E-state index contributed by atoms with van der Waals surface area (Å²) in [5.41, 5.74) is 0.913. The van der Waals surface area contributed by atoms with E-state index in [1.54, 1.807) is 10.9 Å². The summed E-state index contributed by atoms with van der Waals surface area (Å²) < 4.78 is 3.85. The third kappa shape index (κ3) is 3.20. The second kappa shape index (κ2) is 6.63. The van der Waals surface area contributed by atoms with Gasteiger partial charge in [0.05, 0.1) is 17.9 Å². The monoisotopic (exact) mass is 342 g/mol. The number of hydrogen-bond donors (Lipinski definition) is 0. The Balaban J connectivity index is 1.41. The zero-order valence-corrected chi connectivity index (χ0v) is 15.0. The number of carbonyl (C=O) groups excluding carboxylic acids is 1. The minimum Gasteiger partial charge on any atom is -0.338 e. The summed E-state index contributed by atoms with van der Waals surface area (Å²) in [6, 6.07) is 0.0179. The Morgan fingerprint density at radius 2 is 2.12 bits per heavy atom. The van der Waals surface area contributed by atoms with Crippen LogP contribution in [-0.2, 0) is 25.3 Å². The van der Waals surface area contributed by atoms with Gasteiger partial charge in [-0.05, 0) is 31.7 Å². The highest BCUT2D eigenvalue weighted by atomic mass is 16.2. The van der Waals surface area contributed by atoms with Crippen LogP contribution in [0.15, 0.2) is 24.8 Å². The molecule has 2 aromatic heterocycles. The highest BCUT2D eigenvalue weighted by molar-refractivity contribution is 5.99. The maximum absolute atomic E-state index is 12.9. The second-order valence-corrected chi connectivity index (χ2v) is 7.33. The first kappa shape index (κ1) is 16.3. The van der Waals surface area contributed by atoms with Crippen molar-refractivity contribution in [2.45, 2.75) is 31.7 Å². The fraction of sp³-hybridized carbons (Fsp3) is 0.611. The SMILES string of the molecule is Cn1cc(N2CC[C@@H](N3CCC[C@H](Cc4nccn4C)C3)C2=O)cn1. The van der Waals surface area contributed by atoms with Gasteiger partial charge in [-0.3, -0.25) is 14.4 Å². The molecule has 1 amide bonds. The van der Waals surface area contributed by atoms with Crippen molar-refractivity contribution in [2.75, 3.05) is 24.5 Å². The largest absolute Gasteiger partial charge is 0.338 e. The van der Waals surface area contributed by atoms with Crippen molar-refractivity contribution in [3.05, 3.63) is 30.6 Å². The van der Waals surface area contributed by atoms with Crippen LogP contribution in [0.4, 0.5) is 5.69 Å². The Labute approximate surface area is 148 Å². The zero-order valence-electron chi connectivity index (χ0n) is 15.0. The minimum atomic E-state index is 0.0179. The summed E-state index contributed by atoms with van der Waals surface area (Å²) in [6.07, 6.45) is 11.8. The lowest BCUT2D eigenvalue weighted by molar-refractivity contribution is -0.122. The molecule has 2 aliphatic rings. The lowest BCUT2D eigenvalue weighted by Gasteiger charge is -2.35. The maximum Gasteiger partial charge on any atom is 0.244 e. The minimum absolute atomic E-state index is 0.0179. The molecule has 0 saturated carbocycles. The molecule has 2 aliphatic heterocycles. The second-order valence-electron chi connectivity index (χ2n) is 7.33. The van der Waals surface area contributed by atoms with Gasteiger partial charge in [-0.25, -0.2) is 4.98 Å². The van der Waals surface area contributed by atoms with Crippen molar-refractivity contribution in [3.63, 3.8) is 0 Å². The lowest BCUT2D eigenvalue weighted by Crippen LogP contribution is -2.47. The van der Waals surface area contributed by atoms with E-state index in [2.05, 4.69) is 26.6 Å². The highest BCUT2D eigenvalue weighted by Gasteiger charge is 2.38. The topological polar surface area (TPSA) is 59.2 Å². The van der Waals surface area contributed by atoms with Crippen molar-refractivity contribution in [2.24, 2.45) is 20.0 Å². The number of nitrogens with zero attached hydrogens (tertiary/aromatic N) is 6. The van der Waals surface area contributed by atoms with Crippen molar-refractivity contribution in [1.82, 2.24) is 24.2 Å². The molecule has 7 heteroatoms. The molecular weight excluding hydrogens is 316 g/mol. The van der Waals surface area contributed by atoms with Crippen LogP contribution in [-0.4, -0.2) is 55.8 Å². The first-order valence-corrected chi connectivity index (χ1v) is 9.12. The molecule has 4 heterocycles. The van der Waals surface area contributed by atoms with Crippen molar-refractivity contribution < 1.29 is 4.79 Å². The van der Waals surface area contributed by atoms with Gasteiger partial charge in [-0.1, -0.05) is 0 Å². The van der Waals surface area contributed by atoms with Crippen LogP contribution in [0.3, 0.4) is 0 Å². The third-order valence-corrected chi connectivity index (χ3v) is 5.56. The molecule has 0 aromatic carbocycles. The van der Waals surface area contributed by atoms with Gasteiger partial charge in [0.15, 0.2) is 0 Å². The van der Waals surface area contributed by atoms with E-state index in [1.807, 2.05) is 30.5 Å². The molecule has 2 atom stereocenters. The van der Waals surface area contributed by atoms with Gasteiger partial charge >= 0.3 is 0 Å². The molecule has 25 heavy (non-hydrogen) atoms. The van der Waals surface area contributed by atoms with E-state index >= 15 is 0 Å². The molecule has 0 unspecified atom stereocenters. The van der Waals surface area contributed by atoms with Crippen LogP contribution in [0.1, 0.15) is 25.1 Å². The lowest BCUT2D eigenvalue weighted by atomic mass is 9.93. The molecule has 0 spiro atoms. The zero-order chi connectivity index (χ0) is 17.4. The van der Waals surface area contributed by atoms with E-state index in [4.69, 9.17) is 0 Å². The molecule has 7 nitrogen and oxygen atoms in total. The summed E-state index contributed by atoms with van der Waals surface area (Å²) in [5.74, 6) is 1.95. The number of rotatable bonds is 4. The van der Waals surface area contributed by atoms with Gasteiger partial charge in [0.2, 0.25) is 5.91 Å². The normalized spacial score (nSPS) is 25.0. The first-order valence-electron chi connectivity index (χ1n) is 9.12. The number of carbonyl (C=O) groups is 1. The number of aromatic nitrogens is 4. The van der Waals surface area contributed by atoms with Crippen molar-refractivity contribution >= 4 is 11.6 Å². The van der Waals surface area contributed by atoms with Gasteiger partial charge in [0.25, 0.3) is 0 Å². The predicted octanol–water partition coefficient (Wildman–Crippen LogP) is 1.21. The summed E-state index contributed by atoms with van der Waals surface area (Å²) in [7, 11) is 3.93. The highest BCUT2D eigenvalue weighted by Crippen LogP contribution is 2.28. The number of aryl methyl sites for hydroxylation is 2. The Morgan fingerprint density at radius 3 is 2.84 bits per heavy atom. The van der Waals surface area contributed by atoms with E-state index in [0.29, 0.717) is 5.92 Å². The standard InChI is InChI=1S/C18H26N6O/c1-21-9-6-19-17(21)10-14-4-3-7-23(12-14)16-5-8-24(18(16)25)15-11-20-22(2)13-15/h6,9,11,13-14,16H,3-5,7-8,10,12H2,1-2H3/t14-,16-/m1/s1. The van der Waals surface area contributed by atoms with E-state index in [0.717, 1.165) is 50.4 Å². The van der Waals surface area contributed by atoms with Crippen LogP contribution in [0.2, 0.25) is 0 Å². The molecule has 134 valence electrons. The molecule has 2 aromatic rings. The Kier molecular flexibility index (Phi) is 4.33. The number of imidazole rings is 1. The van der Waals surface area contributed by atoms with Crippen LogP contribution < -0.4 is 4.90 Å². The number of likely N-dealkylation sites (tertiary alicyclic amines) is 1. The fourth-order valence-corrected chi connectivity index (χ4v) is 4.21. The van der Waals surface area contributed by atoms with Gasteiger partial charge in [0, 0.05) is 52.2 Å². The maximum atomic E-state index is 12.9. The van der Waals surface area contributed by atoms with E-state index < -0.39 is 0 Å². The number of piperidine rings is 1. The molecule has 0 bridgehead atoms. The Hall–Kier alpha value is -2.15. The first-order chi connectivity index (χ1) is 12.1. The smallest absolute Gasteiger partial charge is 0.244 e. The van der Waals surface area contributed by atoms with Crippen LogP contribution in [0.5, 0.6) is 0 Å². The number of hydrogen-bond acceptors (Lipinski definition) is 4. The average Bonchev–Trinajstić information content (AvgIpc) is 3.29. The van der Waals surface area contributed by atoms with Gasteiger partial charge in [-0.15, -0.1) is 0 Å². The molecular formula is C18H26N6O. The van der Waals surface area contributed by atoms with Crippen LogP contribution in [0, 0.1) is 5.92 Å². The Morgan fingerprint density at radius 1 is 1.24 bits per heavy atom. The van der Waals surface area contributed by atoms with Crippen molar-refractivity contribution in [3.8, 4) is 0 Å². The molecule has 2 fully saturated rings. The summed E-state index contributed by atoms with van der Waals surface area (Å²) >= 11 is 0. The molecule has 0 N–H and O–H groups in total. The van der Waals surface area contributed by atoms with E-state index in [-0.39, 0.29) is 11.9 Å². The van der Waals surface area contributed by atoms with Gasteiger partial charge in [0.1, 0.15) is 5.82 Å². The van der Waals surface area contributed by atoms with Crippen LogP contribution in [0.25, 0.3) is 0 Å². The van der Waals surface area contributed by atoms with E-state index in [9.17, 15) is 4.79 Å². The molecule has 0 radical (unpaired) electrons. The quantitative estimate of drug-likeness (QED) is 0.838. The Bertz CT molecular complexity index is 750. The third-order valence-electron chi connectivity index (χ3n) is 5.56. The predicted molar refractivity (Wildman–Crippen MR) is 95.2 cm³/mol. The molecule has 4 rings (SSSR count). The fourth-order valence-electron chi connectivity index (χ4n) is 4.21. The van der Waals surface area contributed by atoms with Crippen molar-refractivity contribution in [1.29, 1.82) is 0 Å². The molecule has 0 aliphatic carbocycles. The summed E-state index contributed by atoms with van der Waals surface area (Å²) in [6.45, 7) is 2.80. The number of amides is 1. The van der Waals surface area contributed by atoms with Crippen LogP contribution >= 0.6 is 0 Å². The average molecular weight is 342 g/mol. The summed E-state index contributed by atoms with van der Waals surface area (Å²) in [5, 5.41) is 4.20. The summed E-state index contributed by atoms with van der Waals surface area (Å²) in [4.78, 5) is 21.7. The molecule has 2 saturated heterocycles.